The van der Waals surface area contributed by atoms with Crippen molar-refractivity contribution in [1.82, 2.24) is 5.32 Å². The lowest BCUT2D eigenvalue weighted by atomic mass is 10.7. The van der Waals surface area contributed by atoms with E-state index in [1.54, 1.807) is 0 Å². The molecule has 5 N–H and O–H groups in total. The summed E-state index contributed by atoms with van der Waals surface area (Å²) in [6, 6.07) is -1.22. The van der Waals surface area contributed by atoms with E-state index in [9.17, 15) is 14.2 Å². The fraction of sp³-hybridized carbons (Fsp3) is 0.333. The predicted octanol–water partition coefficient (Wildman–Crippen LogP) is -1.08. The first-order chi connectivity index (χ1) is 5.25. The summed E-state index contributed by atoms with van der Waals surface area (Å²) in [5.41, 5.74) is 4.49. The Morgan fingerprint density at radius 1 is 1.50 bits per heavy atom. The molecule has 0 radical (unpaired) electrons. The van der Waals surface area contributed by atoms with Crippen LogP contribution >= 0.6 is 19.2 Å². The Hall–Kier alpha value is -0.620. The third-order valence-corrected chi connectivity index (χ3v) is 2.54. The Balaban J connectivity index is 4.31. The molecule has 7 nitrogen and oxygen atoms in total. The first kappa shape index (κ1) is 11.4. The minimum Gasteiger partial charge on any atom is -0.351 e. The van der Waals surface area contributed by atoms with Crippen LogP contribution in [-0.2, 0) is 9.36 Å². The fourth-order valence-corrected chi connectivity index (χ4v) is 0.758. The smallest absolute Gasteiger partial charge is 0.351 e. The van der Waals surface area contributed by atoms with E-state index in [0.29, 0.717) is 0 Å². The molecule has 12 heavy (non-hydrogen) atoms. The van der Waals surface area contributed by atoms with Gasteiger partial charge in [0.05, 0.1) is 0 Å². The predicted molar refractivity (Wildman–Crippen MR) is 39.4 cm³/mol. The average Bonchev–Trinajstić information content (AvgIpc) is 1.82. The van der Waals surface area contributed by atoms with Gasteiger partial charge in [0.15, 0.2) is 0 Å². The molecule has 0 aromatic heterocycles. The van der Waals surface area contributed by atoms with E-state index in [2.05, 4.69) is 5.73 Å². The zero-order chi connectivity index (χ0) is 9.94. The second-order valence-corrected chi connectivity index (χ2v) is 4.21. The van der Waals surface area contributed by atoms with E-state index >= 15 is 0 Å². The van der Waals surface area contributed by atoms with Crippen molar-refractivity contribution in [3.63, 3.8) is 0 Å². The lowest BCUT2D eigenvalue weighted by Crippen LogP contribution is -2.39. The highest BCUT2D eigenvalue weighted by molar-refractivity contribution is 7.55. The van der Waals surface area contributed by atoms with Crippen molar-refractivity contribution in [2.75, 3.05) is 0 Å². The van der Waals surface area contributed by atoms with E-state index in [1.807, 2.05) is 0 Å². The van der Waals surface area contributed by atoms with Crippen molar-refractivity contribution in [2.45, 2.75) is 5.12 Å². The van der Waals surface area contributed by atoms with Crippen molar-refractivity contribution in [3.8, 4) is 0 Å². The van der Waals surface area contributed by atoms with E-state index in [1.165, 1.54) is 5.32 Å². The largest absolute Gasteiger partial charge is 0.352 e. The molecule has 0 aromatic rings. The Morgan fingerprint density at radius 2 is 1.92 bits per heavy atom. The lowest BCUT2D eigenvalue weighted by Gasteiger charge is -2.08. The molecule has 1 unspecified atom stereocenters. The molecule has 0 heterocycles. The van der Waals surface area contributed by atoms with Gasteiger partial charge in [0.1, 0.15) is 0 Å². The van der Waals surface area contributed by atoms with Crippen LogP contribution in [0.5, 0.6) is 0 Å². The Morgan fingerprint density at radius 3 is 2.17 bits per heavy atom. The summed E-state index contributed by atoms with van der Waals surface area (Å²) in [4.78, 5) is 37.3. The number of halogens is 1. The number of carbonyl (C=O) groups is 2. The number of hydrogen-bond donors (Lipinski definition) is 4. The summed E-state index contributed by atoms with van der Waals surface area (Å²) < 4.78 is 10.3. The third-order valence-electron chi connectivity index (χ3n) is 0.758. The van der Waals surface area contributed by atoms with Gasteiger partial charge in [-0.1, -0.05) is 11.6 Å². The SMILES string of the molecule is NC(=O)NC(=O)C(Cl)P(=O)(O)O. The van der Waals surface area contributed by atoms with E-state index < -0.39 is 24.7 Å². The number of alkyl halides is 1. The zero-order valence-corrected chi connectivity index (χ0v) is 7.25. The minimum atomic E-state index is -4.72. The Kier molecular flexibility index (Phi) is 3.66. The van der Waals surface area contributed by atoms with Gasteiger partial charge in [-0.3, -0.25) is 14.7 Å². The van der Waals surface area contributed by atoms with Crippen LogP contribution in [0.15, 0.2) is 0 Å². The molecule has 0 spiro atoms. The van der Waals surface area contributed by atoms with Gasteiger partial charge in [0, 0.05) is 0 Å². The normalized spacial score (nSPS) is 13.6. The molecular weight excluding hydrogens is 210 g/mol. The summed E-state index contributed by atoms with van der Waals surface area (Å²) in [6.07, 6.45) is 0. The molecule has 9 heteroatoms. The number of nitrogens with one attached hydrogen (secondary N) is 1. The highest BCUT2D eigenvalue weighted by atomic mass is 35.5. The van der Waals surface area contributed by atoms with Gasteiger partial charge in [-0.15, -0.1) is 0 Å². The molecule has 0 saturated carbocycles. The van der Waals surface area contributed by atoms with Crippen molar-refractivity contribution in [3.05, 3.63) is 0 Å². The molecule has 0 aliphatic heterocycles. The van der Waals surface area contributed by atoms with Gasteiger partial charge < -0.3 is 15.5 Å². The Bertz CT molecular complexity index is 249. The molecule has 70 valence electrons. The van der Waals surface area contributed by atoms with E-state index in [-0.39, 0.29) is 0 Å². The van der Waals surface area contributed by atoms with Crippen LogP contribution in [0.4, 0.5) is 4.79 Å². The zero-order valence-electron chi connectivity index (χ0n) is 5.60. The number of imide groups is 1. The van der Waals surface area contributed by atoms with Crippen molar-refractivity contribution < 1.29 is 23.9 Å². The molecule has 0 fully saturated rings. The van der Waals surface area contributed by atoms with Gasteiger partial charge in [-0.25, -0.2) is 4.79 Å². The first-order valence-corrected chi connectivity index (χ1v) is 4.66. The second-order valence-electron chi connectivity index (χ2n) is 1.78. The number of urea groups is 1. The monoisotopic (exact) mass is 216 g/mol. The molecule has 0 aliphatic carbocycles. The number of hydrogen-bond acceptors (Lipinski definition) is 3. The average molecular weight is 217 g/mol. The summed E-state index contributed by atoms with van der Waals surface area (Å²) >= 11 is 4.97. The lowest BCUT2D eigenvalue weighted by molar-refractivity contribution is -0.118. The van der Waals surface area contributed by atoms with Crippen LogP contribution in [0.2, 0.25) is 0 Å². The summed E-state index contributed by atoms with van der Waals surface area (Å²) in [6.45, 7) is 0. The molecule has 0 saturated heterocycles. The summed E-state index contributed by atoms with van der Waals surface area (Å²) in [5.74, 6) is -1.32. The quantitative estimate of drug-likeness (QED) is 0.345. The maximum atomic E-state index is 10.6. The number of rotatable bonds is 2. The molecule has 1 atom stereocenters. The first-order valence-electron chi connectivity index (χ1n) is 2.54. The third kappa shape index (κ3) is 3.68. The molecule has 0 bridgehead atoms. The van der Waals surface area contributed by atoms with Crippen LogP contribution in [0, 0.1) is 0 Å². The van der Waals surface area contributed by atoms with Gasteiger partial charge in [0.2, 0.25) is 5.12 Å². The topological polar surface area (TPSA) is 130 Å². The number of carbonyl (C=O) groups excluding carboxylic acids is 2. The maximum absolute atomic E-state index is 10.6. The van der Waals surface area contributed by atoms with Gasteiger partial charge >= 0.3 is 13.6 Å². The fourth-order valence-electron chi connectivity index (χ4n) is 0.334. The molecular formula is C3H6ClN2O5P. The van der Waals surface area contributed by atoms with E-state index in [0.717, 1.165) is 0 Å². The molecule has 0 aliphatic rings. The van der Waals surface area contributed by atoms with Crippen LogP contribution in [0.3, 0.4) is 0 Å². The van der Waals surface area contributed by atoms with Crippen LogP contribution in [-0.4, -0.2) is 26.8 Å². The number of primary amides is 1. The van der Waals surface area contributed by atoms with E-state index in [4.69, 9.17) is 21.4 Å². The highest BCUT2D eigenvalue weighted by Crippen LogP contribution is 2.43. The Labute approximate surface area is 72.0 Å². The maximum Gasteiger partial charge on any atom is 0.352 e. The van der Waals surface area contributed by atoms with Gasteiger partial charge in [0.25, 0.3) is 5.91 Å². The van der Waals surface area contributed by atoms with Gasteiger partial charge in [-0.2, -0.15) is 0 Å². The summed E-state index contributed by atoms with van der Waals surface area (Å²) in [5, 5.41) is -0.668. The van der Waals surface area contributed by atoms with Crippen molar-refractivity contribution >= 4 is 31.1 Å². The highest BCUT2D eigenvalue weighted by Gasteiger charge is 2.34. The number of amides is 3. The number of nitrogens with two attached hydrogens (primary N) is 1. The minimum absolute atomic E-state index is 1.22. The van der Waals surface area contributed by atoms with Gasteiger partial charge in [-0.05, 0) is 0 Å². The van der Waals surface area contributed by atoms with Crippen LogP contribution < -0.4 is 11.1 Å². The molecule has 3 amide bonds. The van der Waals surface area contributed by atoms with Crippen molar-refractivity contribution in [2.24, 2.45) is 5.73 Å². The van der Waals surface area contributed by atoms with Crippen molar-refractivity contribution in [1.29, 1.82) is 0 Å². The summed E-state index contributed by atoms with van der Waals surface area (Å²) in [7, 11) is -4.72. The second kappa shape index (κ2) is 3.86. The van der Waals surface area contributed by atoms with Crippen LogP contribution in [0.1, 0.15) is 0 Å². The standard InChI is InChI=1S/C3H6ClN2O5P/c4-1(12(9,10)11)2(7)6-3(5)8/h1H,(H2,9,10,11)(H3,5,6,7,8). The molecule has 0 aromatic carbocycles. The molecule has 0 rings (SSSR count). The van der Waals surface area contributed by atoms with Crippen LogP contribution in [0.25, 0.3) is 0 Å².